The second-order valence-corrected chi connectivity index (χ2v) is 8.29. The number of nitrogens with one attached hydrogen (secondary N) is 3. The van der Waals surface area contributed by atoms with Gasteiger partial charge in [-0.05, 0) is 43.4 Å². The number of urea groups is 1. The SMILES string of the molecule is CCCOc1cc(NC(=O)NNc2cc(C(C)C)c3c(C)nn(CCCO)c3n2)cc(Cl)n1. The molecule has 178 valence electrons. The first-order valence-electron chi connectivity index (χ1n) is 10.9. The van der Waals surface area contributed by atoms with Gasteiger partial charge in [-0.3, -0.25) is 10.9 Å². The molecule has 0 fully saturated rings. The van der Waals surface area contributed by atoms with Crippen LogP contribution in [0.5, 0.6) is 5.88 Å². The molecule has 0 saturated heterocycles. The summed E-state index contributed by atoms with van der Waals surface area (Å²) in [4.78, 5) is 21.2. The molecule has 0 bridgehead atoms. The number of carbonyl (C=O) groups excluding carboxylic acids is 1. The Hall–Kier alpha value is -3.11. The zero-order valence-corrected chi connectivity index (χ0v) is 20.0. The number of amides is 2. The summed E-state index contributed by atoms with van der Waals surface area (Å²) in [6, 6.07) is 4.53. The average molecular weight is 476 g/mol. The molecule has 0 atom stereocenters. The molecule has 3 rings (SSSR count). The lowest BCUT2D eigenvalue weighted by Crippen LogP contribution is -2.34. The van der Waals surface area contributed by atoms with E-state index in [1.54, 1.807) is 10.7 Å². The normalized spacial score (nSPS) is 11.1. The number of fused-ring (bicyclic) bond motifs is 1. The highest BCUT2D eigenvalue weighted by Crippen LogP contribution is 2.29. The van der Waals surface area contributed by atoms with Gasteiger partial charge in [-0.15, -0.1) is 0 Å². The number of halogens is 1. The van der Waals surface area contributed by atoms with E-state index in [1.165, 1.54) is 6.07 Å². The van der Waals surface area contributed by atoms with Crippen molar-refractivity contribution in [1.82, 2.24) is 25.2 Å². The van der Waals surface area contributed by atoms with E-state index >= 15 is 0 Å². The summed E-state index contributed by atoms with van der Waals surface area (Å²) >= 11 is 6.03. The zero-order valence-electron chi connectivity index (χ0n) is 19.3. The Morgan fingerprint density at radius 2 is 2.06 bits per heavy atom. The Labute approximate surface area is 197 Å². The Kier molecular flexibility index (Phi) is 8.29. The maximum absolute atomic E-state index is 12.5. The third-order valence-electron chi connectivity index (χ3n) is 4.84. The van der Waals surface area contributed by atoms with E-state index in [0.717, 1.165) is 23.1 Å². The molecule has 2 amide bonds. The van der Waals surface area contributed by atoms with Crippen LogP contribution < -0.4 is 20.9 Å². The molecule has 0 unspecified atom stereocenters. The van der Waals surface area contributed by atoms with Crippen molar-refractivity contribution in [3.05, 3.63) is 34.6 Å². The third kappa shape index (κ3) is 6.23. The molecule has 10 nitrogen and oxygen atoms in total. The number of aliphatic hydroxyl groups excluding tert-OH is 1. The molecule has 0 aromatic carbocycles. The predicted molar refractivity (Wildman–Crippen MR) is 129 cm³/mol. The standard InChI is InChI=1S/C22H30ClN7O3/c1-5-9-33-19-11-15(10-17(23)25-19)24-22(32)28-27-18-12-16(13(2)3)20-14(4)29-30(7-6-8-31)21(20)26-18/h10-13,31H,5-9H2,1-4H3,(H,26,27)(H2,24,25,28,32). The van der Waals surface area contributed by atoms with Gasteiger partial charge >= 0.3 is 6.03 Å². The molecular weight excluding hydrogens is 446 g/mol. The number of rotatable bonds is 10. The zero-order chi connectivity index (χ0) is 24.0. The molecule has 33 heavy (non-hydrogen) atoms. The highest BCUT2D eigenvalue weighted by Gasteiger charge is 2.17. The number of nitrogens with zero attached hydrogens (tertiary/aromatic N) is 4. The molecule has 3 aromatic rings. The smallest absolute Gasteiger partial charge is 0.337 e. The van der Waals surface area contributed by atoms with E-state index in [-0.39, 0.29) is 17.7 Å². The van der Waals surface area contributed by atoms with Gasteiger partial charge in [0.25, 0.3) is 0 Å². The van der Waals surface area contributed by atoms with Gasteiger partial charge in [0.05, 0.1) is 18.0 Å². The molecule has 11 heteroatoms. The van der Waals surface area contributed by atoms with Gasteiger partial charge < -0.3 is 15.2 Å². The van der Waals surface area contributed by atoms with E-state index in [0.29, 0.717) is 42.6 Å². The second-order valence-electron chi connectivity index (χ2n) is 7.91. The number of carbonyl (C=O) groups is 1. The predicted octanol–water partition coefficient (Wildman–Crippen LogP) is 4.23. The maximum atomic E-state index is 12.5. The van der Waals surface area contributed by atoms with Crippen molar-refractivity contribution in [1.29, 1.82) is 0 Å². The summed E-state index contributed by atoms with van der Waals surface area (Å²) in [7, 11) is 0. The largest absolute Gasteiger partial charge is 0.478 e. The Morgan fingerprint density at radius 3 is 2.76 bits per heavy atom. The molecule has 0 aliphatic carbocycles. The fraction of sp³-hybridized carbons (Fsp3) is 0.455. The number of ether oxygens (including phenoxy) is 1. The van der Waals surface area contributed by atoms with Gasteiger partial charge in [-0.1, -0.05) is 32.4 Å². The minimum Gasteiger partial charge on any atom is -0.478 e. The summed E-state index contributed by atoms with van der Waals surface area (Å²) in [5.74, 6) is 1.04. The van der Waals surface area contributed by atoms with Crippen LogP contribution in [0.2, 0.25) is 5.15 Å². The minimum atomic E-state index is -0.503. The van der Waals surface area contributed by atoms with Gasteiger partial charge in [-0.2, -0.15) is 5.10 Å². The lowest BCUT2D eigenvalue weighted by atomic mass is 10.00. The number of aryl methyl sites for hydroxylation is 2. The van der Waals surface area contributed by atoms with Gasteiger partial charge in [0, 0.05) is 24.6 Å². The fourth-order valence-electron chi connectivity index (χ4n) is 3.39. The summed E-state index contributed by atoms with van der Waals surface area (Å²) in [6.07, 6.45) is 1.40. The topological polar surface area (TPSA) is 126 Å². The molecule has 3 aromatic heterocycles. The molecule has 0 radical (unpaired) electrons. The number of aromatic nitrogens is 4. The first kappa shape index (κ1) is 24.5. The van der Waals surface area contributed by atoms with Crippen molar-refractivity contribution < 1.29 is 14.6 Å². The number of pyridine rings is 2. The molecule has 0 saturated carbocycles. The van der Waals surface area contributed by atoms with Crippen LogP contribution in [-0.2, 0) is 6.54 Å². The van der Waals surface area contributed by atoms with Crippen LogP contribution >= 0.6 is 11.6 Å². The van der Waals surface area contributed by atoms with Crippen molar-refractivity contribution in [2.24, 2.45) is 0 Å². The Morgan fingerprint density at radius 1 is 1.27 bits per heavy atom. The summed E-state index contributed by atoms with van der Waals surface area (Å²) in [5, 5.41) is 17.7. The molecule has 0 aliphatic rings. The lowest BCUT2D eigenvalue weighted by Gasteiger charge is -2.14. The van der Waals surface area contributed by atoms with Crippen molar-refractivity contribution in [3.8, 4) is 5.88 Å². The quantitative estimate of drug-likeness (QED) is 0.255. The van der Waals surface area contributed by atoms with Gasteiger partial charge in [-0.25, -0.2) is 19.4 Å². The monoisotopic (exact) mass is 475 g/mol. The first-order valence-corrected chi connectivity index (χ1v) is 11.3. The summed E-state index contributed by atoms with van der Waals surface area (Å²) < 4.78 is 7.27. The third-order valence-corrected chi connectivity index (χ3v) is 5.04. The molecule has 0 aliphatic heterocycles. The van der Waals surface area contributed by atoms with Crippen LogP contribution in [0.25, 0.3) is 11.0 Å². The lowest BCUT2D eigenvalue weighted by molar-refractivity contribution is 0.253. The fourth-order valence-corrected chi connectivity index (χ4v) is 3.59. The number of hydrazine groups is 1. The van der Waals surface area contributed by atoms with E-state index in [4.69, 9.17) is 16.3 Å². The highest BCUT2D eigenvalue weighted by molar-refractivity contribution is 6.29. The van der Waals surface area contributed by atoms with Crippen molar-refractivity contribution in [2.45, 2.75) is 53.0 Å². The maximum Gasteiger partial charge on any atom is 0.337 e. The van der Waals surface area contributed by atoms with Crippen LogP contribution in [0.4, 0.5) is 16.3 Å². The van der Waals surface area contributed by atoms with Crippen LogP contribution in [0.3, 0.4) is 0 Å². The number of hydrogen-bond acceptors (Lipinski definition) is 7. The number of aliphatic hydroxyl groups is 1. The van der Waals surface area contributed by atoms with Crippen molar-refractivity contribution in [3.63, 3.8) is 0 Å². The average Bonchev–Trinajstić information content (AvgIpc) is 3.09. The van der Waals surface area contributed by atoms with Crippen LogP contribution in [0, 0.1) is 6.92 Å². The number of anilines is 2. The molecular formula is C22H30ClN7O3. The van der Waals surface area contributed by atoms with E-state index in [1.807, 2.05) is 19.9 Å². The van der Waals surface area contributed by atoms with Crippen molar-refractivity contribution in [2.75, 3.05) is 24.0 Å². The summed E-state index contributed by atoms with van der Waals surface area (Å²) in [6.45, 7) is 9.24. The second kappa shape index (κ2) is 11.2. The van der Waals surface area contributed by atoms with Crippen LogP contribution in [-0.4, -0.2) is 44.1 Å². The van der Waals surface area contributed by atoms with Gasteiger partial charge in [0.15, 0.2) is 5.65 Å². The van der Waals surface area contributed by atoms with Gasteiger partial charge in [0.1, 0.15) is 11.0 Å². The van der Waals surface area contributed by atoms with Crippen LogP contribution in [0.15, 0.2) is 18.2 Å². The Bertz CT molecular complexity index is 1120. The minimum absolute atomic E-state index is 0.0708. The van der Waals surface area contributed by atoms with E-state index in [9.17, 15) is 9.90 Å². The number of hydrogen-bond donors (Lipinski definition) is 4. The van der Waals surface area contributed by atoms with Crippen LogP contribution in [0.1, 0.15) is 50.8 Å². The molecule has 3 heterocycles. The summed E-state index contributed by atoms with van der Waals surface area (Å²) in [5.41, 5.74) is 8.56. The van der Waals surface area contributed by atoms with E-state index < -0.39 is 6.03 Å². The van der Waals surface area contributed by atoms with Gasteiger partial charge in [0.2, 0.25) is 5.88 Å². The highest BCUT2D eigenvalue weighted by atomic mass is 35.5. The van der Waals surface area contributed by atoms with Crippen molar-refractivity contribution >= 4 is 40.2 Å². The molecule has 0 spiro atoms. The molecule has 4 N–H and O–H groups in total. The first-order chi connectivity index (χ1) is 15.8. The van der Waals surface area contributed by atoms with E-state index in [2.05, 4.69) is 45.1 Å². The Balaban J connectivity index is 1.76.